The average Bonchev–Trinajstić information content (AvgIpc) is 3.34. The Bertz CT molecular complexity index is 1130. The molecule has 0 bridgehead atoms. The maximum absolute atomic E-state index is 13.3. The van der Waals surface area contributed by atoms with E-state index in [1.165, 1.54) is 212 Å². The lowest BCUT2D eigenvalue weighted by Gasteiger charge is -2.24. The van der Waals surface area contributed by atoms with Crippen LogP contribution in [0.2, 0.25) is 0 Å². The zero-order valence-corrected chi connectivity index (χ0v) is 46.5. The fourth-order valence-corrected chi connectivity index (χ4v) is 9.52. The summed E-state index contributed by atoms with van der Waals surface area (Å²) in [4.78, 5) is 26.3. The molecule has 0 saturated heterocycles. The lowest BCUT2D eigenvalue weighted by atomic mass is 10.0. The van der Waals surface area contributed by atoms with Crippen molar-refractivity contribution in [3.05, 3.63) is 36.5 Å². The highest BCUT2D eigenvalue weighted by Crippen LogP contribution is 2.19. The Morgan fingerprint density at radius 3 is 1.14 bits per heavy atom. The fraction of sp³-hybridized carbons (Fsp3) is 0.873. The molecule has 0 radical (unpaired) electrons. The minimum atomic E-state index is -0.793. The molecule has 0 aliphatic heterocycles. The molecule has 6 nitrogen and oxygen atoms in total. The summed E-state index contributed by atoms with van der Waals surface area (Å²) in [6.45, 7) is 6.50. The number of amides is 1. The number of unbranched alkanes of at least 4 members (excludes halogenated alkanes) is 38. The number of hydrogen-bond acceptors (Lipinski definition) is 5. The van der Waals surface area contributed by atoms with Crippen LogP contribution < -0.4 is 5.32 Å². The molecule has 0 heterocycles. The van der Waals surface area contributed by atoms with Crippen molar-refractivity contribution in [2.45, 2.75) is 347 Å². The standard InChI is InChI=1S/C63H119NO5/c1-4-7-10-13-16-19-22-25-28-30-32-35-38-41-44-47-50-53-56-63(68)69-59(54-51-48-45-42-39-36-33-27-24-21-18-15-12-9-6-3)57-62(67)64-60(58-65)61(66)55-52-49-46-43-40-37-34-31-29-26-23-20-17-14-11-8-5-2/h18,21,27,32-33,35,59-61,65-66H,4-17,19-20,22-26,28-31,34,36-58H2,1-3H3,(H,64,67)/b21-18-,33-27-,35-32+. The zero-order valence-electron chi connectivity index (χ0n) is 46.5. The van der Waals surface area contributed by atoms with E-state index in [-0.39, 0.29) is 24.9 Å². The molecule has 0 aromatic rings. The maximum Gasteiger partial charge on any atom is 0.306 e. The third kappa shape index (κ3) is 52.2. The Hall–Kier alpha value is -1.92. The van der Waals surface area contributed by atoms with Crippen molar-refractivity contribution in [1.29, 1.82) is 0 Å². The third-order valence-electron chi connectivity index (χ3n) is 14.2. The van der Waals surface area contributed by atoms with E-state index in [9.17, 15) is 19.8 Å². The highest BCUT2D eigenvalue weighted by molar-refractivity contribution is 5.77. The molecule has 0 aliphatic rings. The number of hydrogen-bond donors (Lipinski definition) is 3. The number of allylic oxidation sites excluding steroid dienone is 6. The first-order valence-electron chi connectivity index (χ1n) is 30.7. The van der Waals surface area contributed by atoms with Crippen molar-refractivity contribution >= 4 is 11.9 Å². The molecule has 0 aromatic heterocycles. The summed E-state index contributed by atoms with van der Waals surface area (Å²) in [5.41, 5.74) is 0. The van der Waals surface area contributed by atoms with Crippen LogP contribution in [0.25, 0.3) is 0 Å². The highest BCUT2D eigenvalue weighted by atomic mass is 16.5. The van der Waals surface area contributed by atoms with Gasteiger partial charge in [0.1, 0.15) is 6.10 Å². The van der Waals surface area contributed by atoms with Crippen LogP contribution in [-0.2, 0) is 14.3 Å². The molecule has 6 heteroatoms. The minimum absolute atomic E-state index is 0.0680. The fourth-order valence-electron chi connectivity index (χ4n) is 9.52. The molecule has 0 aromatic carbocycles. The van der Waals surface area contributed by atoms with E-state index >= 15 is 0 Å². The molecule has 0 aliphatic carbocycles. The summed E-state index contributed by atoms with van der Waals surface area (Å²) < 4.78 is 5.97. The number of carbonyl (C=O) groups is 2. The second kappa shape index (κ2) is 57.0. The first kappa shape index (κ1) is 67.1. The molecule has 0 spiro atoms. The van der Waals surface area contributed by atoms with E-state index in [2.05, 4.69) is 62.5 Å². The summed E-state index contributed by atoms with van der Waals surface area (Å²) in [5.74, 6) is -0.481. The second-order valence-corrected chi connectivity index (χ2v) is 21.1. The first-order valence-corrected chi connectivity index (χ1v) is 30.7. The Morgan fingerprint density at radius 2 is 0.739 bits per heavy atom. The van der Waals surface area contributed by atoms with E-state index in [4.69, 9.17) is 4.74 Å². The van der Waals surface area contributed by atoms with Gasteiger partial charge < -0.3 is 20.3 Å². The van der Waals surface area contributed by atoms with Gasteiger partial charge in [0, 0.05) is 6.42 Å². The van der Waals surface area contributed by atoms with Crippen LogP contribution in [0.4, 0.5) is 0 Å². The van der Waals surface area contributed by atoms with E-state index in [0.29, 0.717) is 19.3 Å². The summed E-state index contributed by atoms with van der Waals surface area (Å²) in [6.07, 6.45) is 69.3. The summed E-state index contributed by atoms with van der Waals surface area (Å²) in [5, 5.41) is 23.9. The van der Waals surface area contributed by atoms with Crippen LogP contribution in [-0.4, -0.2) is 46.9 Å². The quantitative estimate of drug-likeness (QED) is 0.0321. The number of nitrogens with one attached hydrogen (secondary N) is 1. The predicted octanol–water partition coefficient (Wildman–Crippen LogP) is 19.2. The third-order valence-corrected chi connectivity index (χ3v) is 14.2. The molecular formula is C63H119NO5. The van der Waals surface area contributed by atoms with Crippen molar-refractivity contribution in [2.75, 3.05) is 6.61 Å². The lowest BCUT2D eigenvalue weighted by molar-refractivity contribution is -0.151. The van der Waals surface area contributed by atoms with Gasteiger partial charge in [0.2, 0.25) is 5.91 Å². The van der Waals surface area contributed by atoms with Crippen LogP contribution in [0.1, 0.15) is 329 Å². The zero-order chi connectivity index (χ0) is 50.2. The Kier molecular flexibility index (Phi) is 55.4. The Balaban J connectivity index is 4.53. The maximum atomic E-state index is 13.3. The SMILES string of the molecule is CCCCC/C=C\C/C=C\CCCCCCCC(CC(=O)NC(CO)C(O)CCCCCCCCCCCCCCCCCCC)OC(=O)CCCCCCC/C=C/CCCCCCCCCCC. The average molecular weight is 971 g/mol. The molecule has 0 rings (SSSR count). The molecule has 0 fully saturated rings. The van der Waals surface area contributed by atoms with E-state index in [0.717, 1.165) is 70.6 Å². The number of carbonyl (C=O) groups excluding carboxylic acids is 2. The topological polar surface area (TPSA) is 95.9 Å². The van der Waals surface area contributed by atoms with E-state index in [1.54, 1.807) is 0 Å². The van der Waals surface area contributed by atoms with Crippen LogP contribution >= 0.6 is 0 Å². The molecular weight excluding hydrogens is 851 g/mol. The van der Waals surface area contributed by atoms with Gasteiger partial charge in [0.15, 0.2) is 0 Å². The summed E-state index contributed by atoms with van der Waals surface area (Å²) in [7, 11) is 0. The van der Waals surface area contributed by atoms with Crippen LogP contribution in [0.5, 0.6) is 0 Å². The van der Waals surface area contributed by atoms with Gasteiger partial charge in [-0.2, -0.15) is 0 Å². The normalized spacial score (nSPS) is 13.3. The molecule has 69 heavy (non-hydrogen) atoms. The first-order chi connectivity index (χ1) is 34.0. The molecule has 3 unspecified atom stereocenters. The molecule has 406 valence electrons. The number of ether oxygens (including phenoxy) is 1. The highest BCUT2D eigenvalue weighted by Gasteiger charge is 2.24. The lowest BCUT2D eigenvalue weighted by Crippen LogP contribution is -2.46. The predicted molar refractivity (Wildman–Crippen MR) is 301 cm³/mol. The Labute approximate surface area is 430 Å². The number of aliphatic hydroxyl groups excluding tert-OH is 2. The summed E-state index contributed by atoms with van der Waals surface area (Å²) >= 11 is 0. The van der Waals surface area contributed by atoms with Crippen molar-refractivity contribution in [1.82, 2.24) is 5.32 Å². The van der Waals surface area contributed by atoms with Gasteiger partial charge >= 0.3 is 5.97 Å². The number of aliphatic hydroxyl groups is 2. The monoisotopic (exact) mass is 970 g/mol. The number of rotatable bonds is 56. The van der Waals surface area contributed by atoms with Gasteiger partial charge in [0.05, 0.1) is 25.2 Å². The number of esters is 1. The van der Waals surface area contributed by atoms with Crippen LogP contribution in [0, 0.1) is 0 Å². The van der Waals surface area contributed by atoms with Crippen molar-refractivity contribution in [3.63, 3.8) is 0 Å². The van der Waals surface area contributed by atoms with E-state index in [1.807, 2.05) is 0 Å². The largest absolute Gasteiger partial charge is 0.462 e. The van der Waals surface area contributed by atoms with Crippen molar-refractivity contribution in [2.24, 2.45) is 0 Å². The van der Waals surface area contributed by atoms with Gasteiger partial charge in [-0.3, -0.25) is 9.59 Å². The van der Waals surface area contributed by atoms with Crippen molar-refractivity contribution in [3.8, 4) is 0 Å². The smallest absolute Gasteiger partial charge is 0.306 e. The van der Waals surface area contributed by atoms with Gasteiger partial charge in [0.25, 0.3) is 0 Å². The van der Waals surface area contributed by atoms with Gasteiger partial charge in [-0.15, -0.1) is 0 Å². The minimum Gasteiger partial charge on any atom is -0.462 e. The molecule has 1 amide bonds. The van der Waals surface area contributed by atoms with Crippen molar-refractivity contribution < 1.29 is 24.5 Å². The van der Waals surface area contributed by atoms with Crippen LogP contribution in [0.3, 0.4) is 0 Å². The second-order valence-electron chi connectivity index (χ2n) is 21.1. The molecule has 0 saturated carbocycles. The van der Waals surface area contributed by atoms with E-state index < -0.39 is 18.2 Å². The van der Waals surface area contributed by atoms with Gasteiger partial charge in [-0.25, -0.2) is 0 Å². The molecule has 3 atom stereocenters. The van der Waals surface area contributed by atoms with Crippen LogP contribution in [0.15, 0.2) is 36.5 Å². The van der Waals surface area contributed by atoms with Gasteiger partial charge in [-0.1, -0.05) is 269 Å². The van der Waals surface area contributed by atoms with Gasteiger partial charge in [-0.05, 0) is 83.5 Å². The summed E-state index contributed by atoms with van der Waals surface area (Å²) in [6, 6.07) is -0.707. The molecule has 3 N–H and O–H groups in total. The Morgan fingerprint density at radius 1 is 0.420 bits per heavy atom.